The number of hydrogen-bond acceptors (Lipinski definition) is 25. The highest BCUT2D eigenvalue weighted by atomic mass is 16.8. The number of esters is 9. The third kappa shape index (κ3) is 22.0. The van der Waals surface area contributed by atoms with Crippen molar-refractivity contribution in [2.45, 2.75) is 198 Å². The number of unbranched alkanes of at least 4 members (excludes halogenated alkanes) is 9. The first-order valence-corrected chi connectivity index (χ1v) is 31.2. The molecular formula is C68H82O25. The molecule has 0 unspecified atom stereocenters. The standard InChI is InChI=1S/C68H82O25/c1-7-8-9-10-11-12-13-14-15-28-37-79-66-60(86-45(6)73)59(93-68-57(85-44(5)72)53(74)54(83-42(3)70)50(89-68)38-80-41(2)69)55(84-43(4)71)52(87-66)40-82-67-61(92-65(78)49-35-26-19-27-36-49)58(91-64(77)48-33-24-18-25-34-48)56(90-63(76)47-31-22-17-23-32-47)51(88-67)39-81-62(75)46-29-20-16-21-30-46/h16-27,29-36,50-61,66-68,74H,7-15,28,37-40H2,1-6H3/t50-,51-,52-,53+,54-,55-,56-,57-,58+,59+,60-,61-,66-,67-,68+/m1/s1. The number of carbonyl (C=O) groups excluding carboxylic acids is 9. The van der Waals surface area contributed by atoms with E-state index in [1.165, 1.54) is 61.4 Å². The molecular weight excluding hydrogens is 1220 g/mol. The summed E-state index contributed by atoms with van der Waals surface area (Å²) in [5.74, 6) is -8.38. The third-order valence-electron chi connectivity index (χ3n) is 15.1. The normalized spacial score (nSPS) is 25.8. The second kappa shape index (κ2) is 36.9. The Morgan fingerprint density at radius 1 is 0.344 bits per heavy atom. The van der Waals surface area contributed by atoms with Gasteiger partial charge in [-0.05, 0) is 55.0 Å². The Morgan fingerprint density at radius 3 is 1.18 bits per heavy atom. The van der Waals surface area contributed by atoms with Crippen LogP contribution in [0.5, 0.6) is 0 Å². The van der Waals surface area contributed by atoms with Crippen molar-refractivity contribution < 1.29 is 119 Å². The predicted octanol–water partition coefficient (Wildman–Crippen LogP) is 7.69. The molecule has 93 heavy (non-hydrogen) atoms. The lowest BCUT2D eigenvalue weighted by molar-refractivity contribution is -0.367. The number of rotatable bonds is 32. The van der Waals surface area contributed by atoms with E-state index in [9.17, 15) is 48.3 Å². The average Bonchev–Trinajstić information content (AvgIpc) is 0.780. The Labute approximate surface area is 539 Å². The van der Waals surface area contributed by atoms with E-state index < -0.39 is 166 Å². The highest BCUT2D eigenvalue weighted by Crippen LogP contribution is 2.37. The van der Waals surface area contributed by atoms with Crippen molar-refractivity contribution in [2.75, 3.05) is 26.4 Å². The molecule has 3 aliphatic heterocycles. The number of aliphatic hydroxyl groups excluding tert-OH is 1. The summed E-state index contributed by atoms with van der Waals surface area (Å²) in [5.41, 5.74) is 0.175. The fourth-order valence-corrected chi connectivity index (χ4v) is 10.7. The van der Waals surface area contributed by atoms with Gasteiger partial charge in [0.15, 0.2) is 61.6 Å². The van der Waals surface area contributed by atoms with Crippen molar-refractivity contribution in [3.63, 3.8) is 0 Å². The number of carbonyl (C=O) groups is 9. The van der Waals surface area contributed by atoms with Crippen molar-refractivity contribution in [1.29, 1.82) is 0 Å². The summed E-state index contributed by atoms with van der Waals surface area (Å²) in [5, 5.41) is 11.9. The van der Waals surface area contributed by atoms with E-state index in [1.807, 2.05) is 0 Å². The van der Waals surface area contributed by atoms with E-state index in [0.29, 0.717) is 6.42 Å². The lowest BCUT2D eigenvalue weighted by Crippen LogP contribution is -2.67. The minimum atomic E-state index is -1.96. The zero-order valence-electron chi connectivity index (χ0n) is 52.9. The second-order valence-electron chi connectivity index (χ2n) is 22.4. The maximum Gasteiger partial charge on any atom is 0.338 e. The molecule has 1 N–H and O–H groups in total. The van der Waals surface area contributed by atoms with Gasteiger partial charge < -0.3 is 76.2 Å². The quantitative estimate of drug-likeness (QED) is 0.0278. The SMILES string of the molecule is CCCCCCCCCCCCO[C@@H]1O[C@H](CO[C@@H]2O[C@H](COC(=O)c3ccccc3)[C@@H](OC(=O)c3ccccc3)[C@H](OC(=O)c3ccccc3)[C@H]2OC(=O)c2ccccc2)[C@@H](OC(C)=O)[C@H](O[C@@H]2O[C@H](COC(C)=O)[C@@H](OC(C)=O)[C@H](O)[C@H]2OC(C)=O)[C@H]1OC(C)=O. The maximum atomic E-state index is 14.5. The highest BCUT2D eigenvalue weighted by molar-refractivity contribution is 5.91. The van der Waals surface area contributed by atoms with Gasteiger partial charge in [-0.2, -0.15) is 0 Å². The van der Waals surface area contributed by atoms with E-state index in [0.717, 1.165) is 79.6 Å². The molecule has 0 bridgehead atoms. The molecule has 0 aromatic heterocycles. The van der Waals surface area contributed by atoms with Crippen molar-refractivity contribution in [3.05, 3.63) is 144 Å². The van der Waals surface area contributed by atoms with Crippen molar-refractivity contribution in [1.82, 2.24) is 0 Å². The Hall–Kier alpha value is -8.17. The van der Waals surface area contributed by atoms with Crippen molar-refractivity contribution in [2.24, 2.45) is 0 Å². The smallest absolute Gasteiger partial charge is 0.338 e. The predicted molar refractivity (Wildman–Crippen MR) is 323 cm³/mol. The summed E-state index contributed by atoms with van der Waals surface area (Å²) in [4.78, 5) is 121. The summed E-state index contributed by atoms with van der Waals surface area (Å²) in [6.45, 7) is 5.23. The fraction of sp³-hybridized carbons (Fsp3) is 0.515. The summed E-state index contributed by atoms with van der Waals surface area (Å²) in [7, 11) is 0. The van der Waals surface area contributed by atoms with Gasteiger partial charge in [-0.1, -0.05) is 138 Å². The van der Waals surface area contributed by atoms with Gasteiger partial charge in [0.25, 0.3) is 0 Å². The molecule has 7 rings (SSSR count). The number of benzene rings is 4. The largest absolute Gasteiger partial charge is 0.463 e. The molecule has 3 heterocycles. The number of hydrogen-bond donors (Lipinski definition) is 1. The van der Waals surface area contributed by atoms with Gasteiger partial charge in [-0.25, -0.2) is 19.2 Å². The summed E-state index contributed by atoms with van der Waals surface area (Å²) in [6, 6.07) is 31.0. The zero-order valence-corrected chi connectivity index (χ0v) is 52.9. The van der Waals surface area contributed by atoms with Gasteiger partial charge in [0.1, 0.15) is 43.7 Å². The van der Waals surface area contributed by atoms with Crippen LogP contribution in [0.1, 0.15) is 147 Å². The minimum Gasteiger partial charge on any atom is -0.463 e. The van der Waals surface area contributed by atoms with Crippen molar-refractivity contribution >= 4 is 53.7 Å². The van der Waals surface area contributed by atoms with E-state index in [2.05, 4.69) is 6.92 Å². The van der Waals surface area contributed by atoms with Crippen LogP contribution >= 0.6 is 0 Å². The van der Waals surface area contributed by atoms with E-state index >= 15 is 0 Å². The first kappa shape index (κ1) is 72.3. The molecule has 0 radical (unpaired) electrons. The molecule has 4 aromatic rings. The molecule has 504 valence electrons. The van der Waals surface area contributed by atoms with E-state index in [-0.39, 0.29) is 28.9 Å². The molecule has 0 saturated carbocycles. The first-order valence-electron chi connectivity index (χ1n) is 31.2. The molecule has 3 fully saturated rings. The Balaban J connectivity index is 1.32. The van der Waals surface area contributed by atoms with Crippen LogP contribution in [0.4, 0.5) is 0 Å². The summed E-state index contributed by atoms with van der Waals surface area (Å²) in [6.07, 6.45) is -16.9. The third-order valence-corrected chi connectivity index (χ3v) is 15.1. The van der Waals surface area contributed by atoms with Crippen LogP contribution in [0.15, 0.2) is 121 Å². The van der Waals surface area contributed by atoms with Gasteiger partial charge in [0.2, 0.25) is 0 Å². The number of aliphatic hydroxyl groups is 1. The van der Waals surface area contributed by atoms with Crippen LogP contribution in [0.2, 0.25) is 0 Å². The van der Waals surface area contributed by atoms with Crippen LogP contribution in [0, 0.1) is 0 Å². The number of ether oxygens (including phenoxy) is 15. The molecule has 25 heteroatoms. The minimum absolute atomic E-state index is 0.00180. The maximum absolute atomic E-state index is 14.5. The molecule has 3 saturated heterocycles. The lowest BCUT2D eigenvalue weighted by Gasteiger charge is -2.49. The van der Waals surface area contributed by atoms with Crippen LogP contribution in [-0.2, 0) is 95.0 Å². The topological polar surface area (TPSA) is 312 Å². The first-order chi connectivity index (χ1) is 44.8. The van der Waals surface area contributed by atoms with Gasteiger partial charge in [0.05, 0.1) is 28.9 Å². The molecule has 0 aliphatic carbocycles. The van der Waals surface area contributed by atoms with Crippen LogP contribution < -0.4 is 0 Å². The molecule has 4 aromatic carbocycles. The average molecular weight is 1300 g/mol. The van der Waals surface area contributed by atoms with Crippen LogP contribution in [0.25, 0.3) is 0 Å². The Kier molecular flexibility index (Phi) is 28.7. The highest BCUT2D eigenvalue weighted by Gasteiger charge is 2.58. The van der Waals surface area contributed by atoms with Gasteiger partial charge in [-0.15, -0.1) is 0 Å². The summed E-state index contributed by atoms with van der Waals surface area (Å²) >= 11 is 0. The lowest BCUT2D eigenvalue weighted by atomic mass is 9.95. The van der Waals surface area contributed by atoms with E-state index in [4.69, 9.17) is 71.1 Å². The molecule has 25 nitrogen and oxygen atoms in total. The zero-order chi connectivity index (χ0) is 66.8. The molecule has 0 spiro atoms. The molecule has 0 amide bonds. The van der Waals surface area contributed by atoms with E-state index in [1.54, 1.807) is 72.8 Å². The Morgan fingerprint density at radius 2 is 0.699 bits per heavy atom. The van der Waals surface area contributed by atoms with Crippen LogP contribution in [-0.4, -0.2) is 177 Å². The van der Waals surface area contributed by atoms with Crippen molar-refractivity contribution in [3.8, 4) is 0 Å². The van der Waals surface area contributed by atoms with Gasteiger partial charge in [-0.3, -0.25) is 24.0 Å². The van der Waals surface area contributed by atoms with Gasteiger partial charge >= 0.3 is 53.7 Å². The fourth-order valence-electron chi connectivity index (χ4n) is 10.7. The monoisotopic (exact) mass is 1300 g/mol. The summed E-state index contributed by atoms with van der Waals surface area (Å²) < 4.78 is 91.9. The van der Waals surface area contributed by atoms with Crippen LogP contribution in [0.3, 0.4) is 0 Å². The Bertz CT molecular complexity index is 3040. The second-order valence-corrected chi connectivity index (χ2v) is 22.4. The van der Waals surface area contributed by atoms with Gasteiger partial charge in [0, 0.05) is 41.2 Å². The molecule has 3 aliphatic rings. The molecule has 15 atom stereocenters.